The fourth-order valence-electron chi connectivity index (χ4n) is 2.08. The van der Waals surface area contributed by atoms with Crippen molar-refractivity contribution in [2.24, 2.45) is 0 Å². The minimum atomic E-state index is -4.95. The van der Waals surface area contributed by atoms with Crippen molar-refractivity contribution in [3.63, 3.8) is 0 Å². The Balaban J connectivity index is 2.58. The highest BCUT2D eigenvalue weighted by Gasteiger charge is 2.46. The maximum absolute atomic E-state index is 13.6. The lowest BCUT2D eigenvalue weighted by Gasteiger charge is -2.32. The monoisotopic (exact) mass is 284 g/mol. The average Bonchev–Trinajstić information content (AvgIpc) is 2.46. The number of benzene rings is 2. The number of alkyl halides is 4. The van der Waals surface area contributed by atoms with E-state index >= 15 is 0 Å². The smallest absolute Gasteiger partial charge is 0.273 e. The van der Waals surface area contributed by atoms with Gasteiger partial charge >= 0.3 is 6.36 Å². The molecule has 0 N–H and O–H groups in total. The molecule has 106 valence electrons. The van der Waals surface area contributed by atoms with Crippen LogP contribution in [0.25, 0.3) is 0 Å². The molecule has 0 saturated carbocycles. The van der Waals surface area contributed by atoms with Crippen LogP contribution in [0.1, 0.15) is 11.1 Å². The Labute approximate surface area is 113 Å². The first-order chi connectivity index (χ1) is 9.48. The van der Waals surface area contributed by atoms with E-state index in [0.29, 0.717) is 0 Å². The maximum Gasteiger partial charge on any atom is 0.523 e. The first kappa shape index (κ1) is 14.5. The molecule has 0 aliphatic carbocycles. The molecule has 0 saturated heterocycles. The predicted octanol–water partition coefficient (Wildman–Crippen LogP) is 4.44. The molecule has 2 aromatic rings. The van der Waals surface area contributed by atoms with Gasteiger partial charge in [0.2, 0.25) is 0 Å². The lowest BCUT2D eigenvalue weighted by molar-refractivity contribution is -0.364. The van der Waals surface area contributed by atoms with Gasteiger partial charge in [-0.3, -0.25) is 4.74 Å². The lowest BCUT2D eigenvalue weighted by atomic mass is 9.87. The van der Waals surface area contributed by atoms with Gasteiger partial charge in [-0.25, -0.2) is 4.39 Å². The normalized spacial score (nSPS) is 12.4. The Morgan fingerprint density at radius 3 is 1.45 bits per heavy atom. The molecule has 0 heterocycles. The third-order valence-electron chi connectivity index (χ3n) is 2.96. The Morgan fingerprint density at radius 1 is 0.750 bits per heavy atom. The van der Waals surface area contributed by atoms with Gasteiger partial charge in [-0.1, -0.05) is 60.7 Å². The molecule has 0 spiro atoms. The van der Waals surface area contributed by atoms with Crippen molar-refractivity contribution >= 4 is 0 Å². The Morgan fingerprint density at radius 2 is 1.15 bits per heavy atom. The number of ether oxygens (including phenoxy) is 1. The summed E-state index contributed by atoms with van der Waals surface area (Å²) in [5.41, 5.74) is -1.95. The van der Waals surface area contributed by atoms with Crippen molar-refractivity contribution in [2.45, 2.75) is 12.0 Å². The van der Waals surface area contributed by atoms with Crippen LogP contribution in [0, 0.1) is 0 Å². The molecule has 2 rings (SSSR count). The van der Waals surface area contributed by atoms with Crippen LogP contribution >= 0.6 is 0 Å². The zero-order valence-electron chi connectivity index (χ0n) is 10.4. The Kier molecular flexibility index (Phi) is 4.09. The van der Waals surface area contributed by atoms with Crippen LogP contribution in [0.15, 0.2) is 60.7 Å². The summed E-state index contributed by atoms with van der Waals surface area (Å²) in [5, 5.41) is 0. The van der Waals surface area contributed by atoms with E-state index in [1.165, 1.54) is 24.3 Å². The largest absolute Gasteiger partial charge is 0.523 e. The molecule has 0 aliphatic rings. The van der Waals surface area contributed by atoms with Crippen molar-refractivity contribution in [3.05, 3.63) is 71.8 Å². The van der Waals surface area contributed by atoms with E-state index < -0.39 is 18.6 Å². The van der Waals surface area contributed by atoms with Crippen molar-refractivity contribution in [2.75, 3.05) is 6.67 Å². The minimum absolute atomic E-state index is 0.117. The van der Waals surface area contributed by atoms with E-state index in [2.05, 4.69) is 4.74 Å². The third-order valence-corrected chi connectivity index (χ3v) is 2.96. The second-order valence-corrected chi connectivity index (χ2v) is 4.24. The molecule has 0 bridgehead atoms. The molecule has 0 aliphatic heterocycles. The number of hydrogen-bond donors (Lipinski definition) is 0. The van der Waals surface area contributed by atoms with Crippen LogP contribution < -0.4 is 0 Å². The molecule has 0 amide bonds. The van der Waals surface area contributed by atoms with Crippen molar-refractivity contribution in [3.8, 4) is 0 Å². The zero-order chi connectivity index (χ0) is 14.6. The Hall–Kier alpha value is -1.88. The third kappa shape index (κ3) is 2.99. The summed E-state index contributed by atoms with van der Waals surface area (Å²) >= 11 is 0. The molecule has 0 radical (unpaired) electrons. The van der Waals surface area contributed by atoms with Crippen molar-refractivity contribution in [1.82, 2.24) is 0 Å². The summed E-state index contributed by atoms with van der Waals surface area (Å²) in [5.74, 6) is 0. The second kappa shape index (κ2) is 5.63. The molecule has 0 unspecified atom stereocenters. The van der Waals surface area contributed by atoms with E-state index in [4.69, 9.17) is 0 Å². The summed E-state index contributed by atoms with van der Waals surface area (Å²) < 4.78 is 55.9. The fourth-order valence-corrected chi connectivity index (χ4v) is 2.08. The van der Waals surface area contributed by atoms with Gasteiger partial charge in [0, 0.05) is 0 Å². The Bertz CT molecular complexity index is 497. The van der Waals surface area contributed by atoms with Crippen LogP contribution in [-0.4, -0.2) is 13.0 Å². The molecule has 5 heteroatoms. The highest BCUT2D eigenvalue weighted by molar-refractivity contribution is 5.36. The molecule has 20 heavy (non-hydrogen) atoms. The zero-order valence-corrected chi connectivity index (χ0v) is 10.4. The van der Waals surface area contributed by atoms with Crippen LogP contribution in [-0.2, 0) is 10.3 Å². The summed E-state index contributed by atoms with van der Waals surface area (Å²) in [6.07, 6.45) is -4.95. The van der Waals surface area contributed by atoms with Gasteiger partial charge in [-0.2, -0.15) is 0 Å². The first-order valence-electron chi connectivity index (χ1n) is 5.92. The summed E-state index contributed by atoms with van der Waals surface area (Å²) in [4.78, 5) is 0. The SMILES string of the molecule is FCC(OC(F)(F)F)(c1ccccc1)c1ccccc1. The molecule has 0 aromatic heterocycles. The molecule has 0 fully saturated rings. The van der Waals surface area contributed by atoms with Crippen LogP contribution in [0.5, 0.6) is 0 Å². The van der Waals surface area contributed by atoms with E-state index in [9.17, 15) is 17.6 Å². The first-order valence-corrected chi connectivity index (χ1v) is 5.92. The van der Waals surface area contributed by atoms with E-state index in [0.717, 1.165) is 0 Å². The number of hydrogen-bond acceptors (Lipinski definition) is 1. The van der Waals surface area contributed by atoms with Gasteiger partial charge in [0.15, 0.2) is 5.60 Å². The second-order valence-electron chi connectivity index (χ2n) is 4.24. The molecular formula is C15H12F4O. The topological polar surface area (TPSA) is 9.23 Å². The highest BCUT2D eigenvalue weighted by atomic mass is 19.4. The van der Waals surface area contributed by atoms with Gasteiger partial charge < -0.3 is 0 Å². The highest BCUT2D eigenvalue weighted by Crippen LogP contribution is 2.39. The van der Waals surface area contributed by atoms with E-state index in [1.807, 2.05) is 0 Å². The van der Waals surface area contributed by atoms with Gasteiger partial charge in [0.1, 0.15) is 6.67 Å². The summed E-state index contributed by atoms with van der Waals surface area (Å²) in [7, 11) is 0. The maximum atomic E-state index is 13.6. The van der Waals surface area contributed by atoms with Crippen molar-refractivity contribution in [1.29, 1.82) is 0 Å². The minimum Gasteiger partial charge on any atom is -0.273 e. The van der Waals surface area contributed by atoms with Crippen LogP contribution in [0.3, 0.4) is 0 Å². The lowest BCUT2D eigenvalue weighted by Crippen LogP contribution is -2.39. The van der Waals surface area contributed by atoms with E-state index in [-0.39, 0.29) is 11.1 Å². The predicted molar refractivity (Wildman–Crippen MR) is 66.8 cm³/mol. The molecule has 1 nitrogen and oxygen atoms in total. The summed E-state index contributed by atoms with van der Waals surface area (Å²) in [6, 6.07) is 15.1. The summed E-state index contributed by atoms with van der Waals surface area (Å²) in [6.45, 7) is -1.32. The van der Waals surface area contributed by atoms with Crippen LogP contribution in [0.2, 0.25) is 0 Å². The molecular weight excluding hydrogens is 272 g/mol. The number of rotatable bonds is 4. The average molecular weight is 284 g/mol. The van der Waals surface area contributed by atoms with Gasteiger partial charge in [-0.05, 0) is 11.1 Å². The molecule has 2 aromatic carbocycles. The van der Waals surface area contributed by atoms with Gasteiger partial charge in [0.25, 0.3) is 0 Å². The van der Waals surface area contributed by atoms with Crippen LogP contribution in [0.4, 0.5) is 17.6 Å². The van der Waals surface area contributed by atoms with Gasteiger partial charge in [0.05, 0.1) is 0 Å². The number of halogens is 4. The van der Waals surface area contributed by atoms with E-state index in [1.54, 1.807) is 36.4 Å². The quantitative estimate of drug-likeness (QED) is 0.754. The fraction of sp³-hybridized carbons (Fsp3) is 0.200. The van der Waals surface area contributed by atoms with Gasteiger partial charge in [-0.15, -0.1) is 13.2 Å². The van der Waals surface area contributed by atoms with Crippen molar-refractivity contribution < 1.29 is 22.3 Å². The standard InChI is InChI=1S/C15H12F4O/c16-11-14(20-15(17,18)19,12-7-3-1-4-8-12)13-9-5-2-6-10-13/h1-10H,11H2. The molecule has 0 atom stereocenters.